The van der Waals surface area contributed by atoms with Crippen LogP contribution in [0.15, 0.2) is 30.7 Å². The topological polar surface area (TPSA) is 56.7 Å². The van der Waals surface area contributed by atoms with Crippen LogP contribution in [0.25, 0.3) is 5.69 Å². The van der Waals surface area contributed by atoms with Crippen molar-refractivity contribution in [2.45, 2.75) is 13.3 Å². The van der Waals surface area contributed by atoms with Crippen LogP contribution in [0.2, 0.25) is 0 Å². The lowest BCUT2D eigenvalue weighted by atomic mass is 10.3. The molecule has 4 nitrogen and oxygen atoms in total. The summed E-state index contributed by atoms with van der Waals surface area (Å²) in [6.45, 7) is 2.06. The highest BCUT2D eigenvalue weighted by atomic mass is 15.3. The Hall–Kier alpha value is -1.84. The van der Waals surface area contributed by atoms with Crippen LogP contribution in [0.1, 0.15) is 12.6 Å². The van der Waals surface area contributed by atoms with Gasteiger partial charge in [-0.3, -0.25) is 4.98 Å². The van der Waals surface area contributed by atoms with Gasteiger partial charge in [-0.2, -0.15) is 5.10 Å². The van der Waals surface area contributed by atoms with E-state index in [0.717, 1.165) is 23.5 Å². The summed E-state index contributed by atoms with van der Waals surface area (Å²) in [7, 11) is 0. The van der Waals surface area contributed by atoms with E-state index in [1.807, 2.05) is 16.8 Å². The van der Waals surface area contributed by atoms with Crippen molar-refractivity contribution in [2.24, 2.45) is 0 Å². The second-order valence-electron chi connectivity index (χ2n) is 3.02. The van der Waals surface area contributed by atoms with Gasteiger partial charge >= 0.3 is 0 Å². The molecule has 0 amide bonds. The number of hydrogen-bond acceptors (Lipinski definition) is 3. The molecular weight excluding hydrogens is 176 g/mol. The number of nitrogens with two attached hydrogens (primary N) is 1. The molecule has 2 N–H and O–H groups in total. The Morgan fingerprint density at radius 2 is 2.07 bits per heavy atom. The van der Waals surface area contributed by atoms with Crippen molar-refractivity contribution in [3.05, 3.63) is 36.4 Å². The first-order chi connectivity index (χ1) is 6.83. The summed E-state index contributed by atoms with van der Waals surface area (Å²) in [6.07, 6.45) is 6.03. The van der Waals surface area contributed by atoms with Gasteiger partial charge < -0.3 is 5.73 Å². The lowest BCUT2D eigenvalue weighted by molar-refractivity contribution is 0.813. The number of nitrogens with zero attached hydrogens (tertiary/aromatic N) is 3. The standard InChI is InChI=1S/C10H12N4/c1-2-10-9(11)7-13-14(10)8-3-5-12-6-4-8/h3-7H,2,11H2,1H3. The van der Waals surface area contributed by atoms with Gasteiger partial charge in [0.2, 0.25) is 0 Å². The lowest BCUT2D eigenvalue weighted by Gasteiger charge is -2.05. The number of hydrogen-bond donors (Lipinski definition) is 1. The highest BCUT2D eigenvalue weighted by Gasteiger charge is 2.06. The average Bonchev–Trinajstić information content (AvgIpc) is 2.61. The van der Waals surface area contributed by atoms with E-state index in [4.69, 9.17) is 5.73 Å². The molecule has 72 valence electrons. The first-order valence-corrected chi connectivity index (χ1v) is 4.55. The summed E-state index contributed by atoms with van der Waals surface area (Å²) in [5.74, 6) is 0. The number of anilines is 1. The summed E-state index contributed by atoms with van der Waals surface area (Å²) in [6, 6.07) is 3.82. The summed E-state index contributed by atoms with van der Waals surface area (Å²) in [5.41, 5.74) is 8.56. The Morgan fingerprint density at radius 3 is 2.71 bits per heavy atom. The number of rotatable bonds is 2. The maximum absolute atomic E-state index is 5.79. The Balaban J connectivity index is 2.52. The van der Waals surface area contributed by atoms with Crippen molar-refractivity contribution < 1.29 is 0 Å². The summed E-state index contributed by atoms with van der Waals surface area (Å²) >= 11 is 0. The molecule has 0 fully saturated rings. The van der Waals surface area contributed by atoms with Gasteiger partial charge in [0.05, 0.1) is 23.3 Å². The van der Waals surface area contributed by atoms with Crippen molar-refractivity contribution >= 4 is 5.69 Å². The SMILES string of the molecule is CCc1c(N)cnn1-c1ccncc1. The van der Waals surface area contributed by atoms with Crippen molar-refractivity contribution in [3.8, 4) is 5.69 Å². The Labute approximate surface area is 82.4 Å². The third-order valence-electron chi connectivity index (χ3n) is 2.14. The molecule has 2 aromatic rings. The molecule has 0 aromatic carbocycles. The van der Waals surface area contributed by atoms with Crippen LogP contribution in [0.4, 0.5) is 5.69 Å². The van der Waals surface area contributed by atoms with Gasteiger partial charge in [0.1, 0.15) is 0 Å². The molecule has 0 radical (unpaired) electrons. The Bertz CT molecular complexity index is 419. The molecule has 0 aliphatic heterocycles. The van der Waals surface area contributed by atoms with Gasteiger partial charge in [-0.1, -0.05) is 6.92 Å². The second-order valence-corrected chi connectivity index (χ2v) is 3.02. The van der Waals surface area contributed by atoms with Gasteiger partial charge in [0, 0.05) is 12.4 Å². The van der Waals surface area contributed by atoms with Crippen LogP contribution in [0.3, 0.4) is 0 Å². The second kappa shape index (κ2) is 3.49. The normalized spacial score (nSPS) is 10.4. The molecule has 2 rings (SSSR count). The number of aromatic nitrogens is 3. The largest absolute Gasteiger partial charge is 0.396 e. The van der Waals surface area contributed by atoms with Crippen molar-refractivity contribution in [1.29, 1.82) is 0 Å². The molecule has 0 unspecified atom stereocenters. The fourth-order valence-corrected chi connectivity index (χ4v) is 1.45. The van der Waals surface area contributed by atoms with E-state index in [1.165, 1.54) is 0 Å². The van der Waals surface area contributed by atoms with Crippen molar-refractivity contribution in [1.82, 2.24) is 14.8 Å². The predicted octanol–water partition coefficient (Wildman–Crippen LogP) is 1.41. The third kappa shape index (κ3) is 1.35. The molecule has 4 heteroatoms. The van der Waals surface area contributed by atoms with E-state index in [2.05, 4.69) is 17.0 Å². The smallest absolute Gasteiger partial charge is 0.0737 e. The fourth-order valence-electron chi connectivity index (χ4n) is 1.45. The summed E-state index contributed by atoms with van der Waals surface area (Å²) in [5, 5.41) is 4.22. The monoisotopic (exact) mass is 188 g/mol. The van der Waals surface area contributed by atoms with Gasteiger partial charge in [0.25, 0.3) is 0 Å². The predicted molar refractivity (Wildman–Crippen MR) is 55.1 cm³/mol. The van der Waals surface area contributed by atoms with Gasteiger partial charge in [-0.05, 0) is 18.6 Å². The van der Waals surface area contributed by atoms with E-state index in [9.17, 15) is 0 Å². The zero-order valence-corrected chi connectivity index (χ0v) is 8.01. The maximum Gasteiger partial charge on any atom is 0.0737 e. The summed E-state index contributed by atoms with van der Waals surface area (Å²) in [4.78, 5) is 3.96. The molecule has 0 spiro atoms. The third-order valence-corrected chi connectivity index (χ3v) is 2.14. The quantitative estimate of drug-likeness (QED) is 0.775. The van der Waals surface area contributed by atoms with Crippen LogP contribution in [-0.4, -0.2) is 14.8 Å². The maximum atomic E-state index is 5.79. The minimum atomic E-state index is 0.740. The minimum Gasteiger partial charge on any atom is -0.396 e. The molecule has 2 aromatic heterocycles. The molecule has 2 heterocycles. The highest BCUT2D eigenvalue weighted by Crippen LogP contribution is 2.15. The van der Waals surface area contributed by atoms with E-state index in [0.29, 0.717) is 0 Å². The van der Waals surface area contributed by atoms with E-state index < -0.39 is 0 Å². The molecule has 0 aliphatic rings. The minimum absolute atomic E-state index is 0.740. The molecule has 0 saturated carbocycles. The van der Waals surface area contributed by atoms with Crippen molar-refractivity contribution in [3.63, 3.8) is 0 Å². The average molecular weight is 188 g/mol. The lowest BCUT2D eigenvalue weighted by Crippen LogP contribution is -2.02. The first-order valence-electron chi connectivity index (χ1n) is 4.55. The Kier molecular flexibility index (Phi) is 2.18. The Morgan fingerprint density at radius 1 is 1.36 bits per heavy atom. The highest BCUT2D eigenvalue weighted by molar-refractivity contribution is 5.45. The zero-order chi connectivity index (χ0) is 9.97. The molecule has 0 aliphatic carbocycles. The molecular formula is C10H12N4. The van der Waals surface area contributed by atoms with Crippen LogP contribution in [0, 0.1) is 0 Å². The van der Waals surface area contributed by atoms with Crippen LogP contribution >= 0.6 is 0 Å². The fraction of sp³-hybridized carbons (Fsp3) is 0.200. The summed E-state index contributed by atoms with van der Waals surface area (Å²) < 4.78 is 1.84. The van der Waals surface area contributed by atoms with Crippen LogP contribution in [-0.2, 0) is 6.42 Å². The van der Waals surface area contributed by atoms with Crippen LogP contribution < -0.4 is 5.73 Å². The molecule has 0 bridgehead atoms. The van der Waals surface area contributed by atoms with E-state index in [-0.39, 0.29) is 0 Å². The van der Waals surface area contributed by atoms with Gasteiger partial charge in [0.15, 0.2) is 0 Å². The van der Waals surface area contributed by atoms with E-state index >= 15 is 0 Å². The molecule has 0 saturated heterocycles. The first kappa shape index (κ1) is 8.74. The van der Waals surface area contributed by atoms with Gasteiger partial charge in [-0.15, -0.1) is 0 Å². The van der Waals surface area contributed by atoms with Gasteiger partial charge in [-0.25, -0.2) is 4.68 Å². The number of pyridine rings is 1. The zero-order valence-electron chi connectivity index (χ0n) is 8.01. The molecule has 14 heavy (non-hydrogen) atoms. The van der Waals surface area contributed by atoms with Crippen LogP contribution in [0.5, 0.6) is 0 Å². The van der Waals surface area contributed by atoms with E-state index in [1.54, 1.807) is 18.6 Å². The number of nitrogen functional groups attached to an aromatic ring is 1. The van der Waals surface area contributed by atoms with Crippen molar-refractivity contribution in [2.75, 3.05) is 5.73 Å². The molecule has 0 atom stereocenters.